The third-order valence-corrected chi connectivity index (χ3v) is 4.69. The lowest BCUT2D eigenvalue weighted by atomic mass is 10.1. The number of nitrogen functional groups attached to an aromatic ring is 1. The van der Waals surface area contributed by atoms with Gasteiger partial charge in [0.15, 0.2) is 5.69 Å². The number of imidazole rings is 1. The van der Waals surface area contributed by atoms with Crippen LogP contribution in [0.15, 0.2) is 54.9 Å². The van der Waals surface area contributed by atoms with Crippen molar-refractivity contribution in [3.8, 4) is 28.5 Å². The molecule has 0 unspecified atom stereocenters. The first-order valence-electron chi connectivity index (χ1n) is 9.34. The van der Waals surface area contributed by atoms with Gasteiger partial charge < -0.3 is 5.73 Å². The zero-order chi connectivity index (χ0) is 24.0. The minimum absolute atomic E-state index is 0.0675. The number of benzene rings is 1. The van der Waals surface area contributed by atoms with Gasteiger partial charge in [0.05, 0.1) is 17.0 Å². The van der Waals surface area contributed by atoms with Gasteiger partial charge in [0.1, 0.15) is 11.6 Å². The molecule has 3 heterocycles. The van der Waals surface area contributed by atoms with Crippen LogP contribution in [0.5, 0.6) is 0 Å². The second-order valence-corrected chi connectivity index (χ2v) is 7.03. The molecule has 0 fully saturated rings. The van der Waals surface area contributed by atoms with Crippen LogP contribution in [0.3, 0.4) is 0 Å². The number of pyridine rings is 1. The molecular formula is C21H14F6N6. The van der Waals surface area contributed by atoms with Gasteiger partial charge in [0.25, 0.3) is 0 Å². The number of aryl methyl sites for hydroxylation is 1. The summed E-state index contributed by atoms with van der Waals surface area (Å²) in [6.45, 7) is 1.55. The Morgan fingerprint density at radius 2 is 1.45 bits per heavy atom. The molecule has 0 aliphatic heterocycles. The fraction of sp³-hybridized carbons (Fsp3) is 0.143. The molecule has 0 saturated carbocycles. The van der Waals surface area contributed by atoms with Crippen molar-refractivity contribution in [3.63, 3.8) is 0 Å². The second-order valence-electron chi connectivity index (χ2n) is 7.03. The van der Waals surface area contributed by atoms with Crippen molar-refractivity contribution in [2.24, 2.45) is 0 Å². The van der Waals surface area contributed by atoms with Crippen molar-refractivity contribution in [2.75, 3.05) is 5.73 Å². The molecule has 12 heteroatoms. The van der Waals surface area contributed by atoms with Gasteiger partial charge in [0.2, 0.25) is 5.95 Å². The molecular weight excluding hydrogens is 450 g/mol. The molecule has 33 heavy (non-hydrogen) atoms. The maximum absolute atomic E-state index is 13.5. The van der Waals surface area contributed by atoms with E-state index in [9.17, 15) is 26.3 Å². The van der Waals surface area contributed by atoms with Crippen molar-refractivity contribution in [1.29, 1.82) is 0 Å². The molecule has 0 spiro atoms. The second kappa shape index (κ2) is 7.87. The predicted octanol–water partition coefficient (Wildman–Crippen LogP) is 5.32. The van der Waals surface area contributed by atoms with Crippen LogP contribution in [-0.2, 0) is 12.4 Å². The topological polar surface area (TPSA) is 82.5 Å². The molecule has 6 nitrogen and oxygen atoms in total. The quantitative estimate of drug-likeness (QED) is 0.415. The molecule has 0 atom stereocenters. The van der Waals surface area contributed by atoms with Crippen molar-refractivity contribution < 1.29 is 26.3 Å². The van der Waals surface area contributed by atoms with E-state index in [2.05, 4.69) is 19.9 Å². The van der Waals surface area contributed by atoms with Gasteiger partial charge in [-0.15, -0.1) is 0 Å². The lowest BCUT2D eigenvalue weighted by Gasteiger charge is -2.12. The molecule has 3 aromatic heterocycles. The van der Waals surface area contributed by atoms with Gasteiger partial charge in [-0.1, -0.05) is 12.1 Å². The van der Waals surface area contributed by atoms with Crippen LogP contribution < -0.4 is 5.73 Å². The zero-order valence-electron chi connectivity index (χ0n) is 16.8. The lowest BCUT2D eigenvalue weighted by Crippen LogP contribution is -2.13. The minimum atomic E-state index is -4.81. The first-order chi connectivity index (χ1) is 15.4. The van der Waals surface area contributed by atoms with Crippen molar-refractivity contribution >= 4 is 5.82 Å². The number of rotatable bonds is 3. The van der Waals surface area contributed by atoms with Gasteiger partial charge in [-0.2, -0.15) is 26.3 Å². The first-order valence-corrected chi connectivity index (χ1v) is 9.34. The number of halogens is 6. The Hall–Kier alpha value is -3.96. The third-order valence-electron chi connectivity index (χ3n) is 4.69. The van der Waals surface area contributed by atoms with E-state index in [0.29, 0.717) is 23.1 Å². The summed E-state index contributed by atoms with van der Waals surface area (Å²) in [6.07, 6.45) is -6.49. The van der Waals surface area contributed by atoms with E-state index in [-0.39, 0.29) is 23.0 Å². The normalized spacial score (nSPS) is 12.2. The number of anilines is 1. The monoisotopic (exact) mass is 464 g/mol. The molecule has 4 aromatic rings. The first kappa shape index (κ1) is 22.2. The van der Waals surface area contributed by atoms with E-state index in [4.69, 9.17) is 5.73 Å². The highest BCUT2D eigenvalue weighted by Crippen LogP contribution is 2.33. The van der Waals surface area contributed by atoms with E-state index in [0.717, 1.165) is 24.3 Å². The number of aromatic nitrogens is 5. The Labute approximate surface area is 182 Å². The highest BCUT2D eigenvalue weighted by Gasteiger charge is 2.34. The van der Waals surface area contributed by atoms with Crippen LogP contribution in [0.25, 0.3) is 28.5 Å². The number of nitrogens with zero attached hydrogens (tertiary/aromatic N) is 5. The smallest absolute Gasteiger partial charge is 0.384 e. The van der Waals surface area contributed by atoms with Crippen molar-refractivity contribution in [1.82, 2.24) is 24.5 Å². The summed E-state index contributed by atoms with van der Waals surface area (Å²) in [5, 5.41) is 0. The largest absolute Gasteiger partial charge is 0.433 e. The lowest BCUT2D eigenvalue weighted by molar-refractivity contribution is -0.141. The standard InChI is InChI=1S/C21H14F6N6/c1-11-30-16(13-4-7-18(28)29-9-13)10-33(11)19-31-15(8-17(32-19)21(25,26)27)12-2-5-14(6-3-12)20(22,23)24/h2-10H,1H3,(H2,28,29). The molecule has 4 rings (SSSR count). The van der Waals surface area contributed by atoms with Gasteiger partial charge in [-0.25, -0.2) is 19.9 Å². The Kier molecular flexibility index (Phi) is 5.30. The van der Waals surface area contributed by atoms with E-state index in [1.165, 1.54) is 17.0 Å². The number of hydrogen-bond acceptors (Lipinski definition) is 5. The zero-order valence-corrected chi connectivity index (χ0v) is 16.8. The number of nitrogens with two attached hydrogens (primary N) is 1. The average molecular weight is 464 g/mol. The van der Waals surface area contributed by atoms with Crippen molar-refractivity contribution in [3.05, 3.63) is 71.9 Å². The molecule has 170 valence electrons. The average Bonchev–Trinajstić information content (AvgIpc) is 3.14. The minimum Gasteiger partial charge on any atom is -0.384 e. The molecule has 0 amide bonds. The van der Waals surface area contributed by atoms with Gasteiger partial charge in [-0.05, 0) is 37.3 Å². The Morgan fingerprint density at radius 1 is 0.788 bits per heavy atom. The van der Waals surface area contributed by atoms with E-state index in [1.54, 1.807) is 19.1 Å². The molecule has 0 aliphatic carbocycles. The maximum Gasteiger partial charge on any atom is 0.433 e. The fourth-order valence-electron chi connectivity index (χ4n) is 3.04. The van der Waals surface area contributed by atoms with Crippen LogP contribution in [0.1, 0.15) is 17.1 Å². The molecule has 0 saturated heterocycles. The third kappa shape index (κ3) is 4.64. The summed E-state index contributed by atoms with van der Waals surface area (Å²) >= 11 is 0. The summed E-state index contributed by atoms with van der Waals surface area (Å²) in [7, 11) is 0. The Balaban J connectivity index is 1.82. The highest BCUT2D eigenvalue weighted by atomic mass is 19.4. The summed E-state index contributed by atoms with van der Waals surface area (Å²) < 4.78 is 80.4. The molecule has 0 radical (unpaired) electrons. The predicted molar refractivity (Wildman–Crippen MR) is 107 cm³/mol. The molecule has 0 bridgehead atoms. The van der Waals surface area contributed by atoms with E-state index >= 15 is 0 Å². The SMILES string of the molecule is Cc1nc(-c2ccc(N)nc2)cn1-c1nc(-c2ccc(C(F)(F)F)cc2)cc(C(F)(F)F)n1. The number of alkyl halides is 6. The maximum atomic E-state index is 13.5. The van der Waals surface area contributed by atoms with Crippen LogP contribution in [-0.4, -0.2) is 24.5 Å². The molecule has 2 N–H and O–H groups in total. The Bertz CT molecular complexity index is 1290. The molecule has 1 aromatic carbocycles. The summed E-state index contributed by atoms with van der Waals surface area (Å²) in [5.41, 5.74) is 4.24. The van der Waals surface area contributed by atoms with Gasteiger partial charge >= 0.3 is 12.4 Å². The van der Waals surface area contributed by atoms with Gasteiger partial charge in [0, 0.05) is 23.5 Å². The van der Waals surface area contributed by atoms with Gasteiger partial charge in [-0.3, -0.25) is 4.57 Å². The highest BCUT2D eigenvalue weighted by molar-refractivity contribution is 5.62. The van der Waals surface area contributed by atoms with Crippen LogP contribution in [0.2, 0.25) is 0 Å². The summed E-state index contributed by atoms with van der Waals surface area (Å²) in [5.74, 6) is 0.246. The van der Waals surface area contributed by atoms with Crippen molar-refractivity contribution in [2.45, 2.75) is 19.3 Å². The van der Waals surface area contributed by atoms with Crippen LogP contribution in [0, 0.1) is 6.92 Å². The summed E-state index contributed by atoms with van der Waals surface area (Å²) in [4.78, 5) is 16.0. The van der Waals surface area contributed by atoms with Crippen LogP contribution in [0.4, 0.5) is 32.2 Å². The van der Waals surface area contributed by atoms with E-state index in [1.807, 2.05) is 0 Å². The summed E-state index contributed by atoms with van der Waals surface area (Å²) in [6, 6.07) is 7.55. The van der Waals surface area contributed by atoms with Crippen LogP contribution >= 0.6 is 0 Å². The fourth-order valence-corrected chi connectivity index (χ4v) is 3.04. The Morgan fingerprint density at radius 3 is 2.03 bits per heavy atom. The van der Waals surface area contributed by atoms with E-state index < -0.39 is 23.6 Å². The molecule has 0 aliphatic rings. The number of hydrogen-bond donors (Lipinski definition) is 1.